The van der Waals surface area contributed by atoms with Crippen molar-refractivity contribution in [1.82, 2.24) is 0 Å². The van der Waals surface area contributed by atoms with E-state index in [4.69, 9.17) is 9.47 Å². The minimum absolute atomic E-state index is 0.643. The Balaban J connectivity index is 2.35. The summed E-state index contributed by atoms with van der Waals surface area (Å²) >= 11 is 0. The van der Waals surface area contributed by atoms with Crippen LogP contribution in [0, 0.1) is 0 Å². The number of anilines is 1. The second kappa shape index (κ2) is 3.17. The van der Waals surface area contributed by atoms with E-state index in [2.05, 4.69) is 0 Å². The second-order valence-corrected chi connectivity index (χ2v) is 3.22. The molecular formula is C10H13NO2. The fraction of sp³-hybridized carbons (Fsp3) is 0.400. The highest BCUT2D eigenvalue weighted by Gasteiger charge is 2.11. The maximum absolute atomic E-state index is 5.46. The molecule has 3 heteroatoms. The third-order valence-electron chi connectivity index (χ3n) is 2.04. The van der Waals surface area contributed by atoms with E-state index in [1.165, 1.54) is 0 Å². The monoisotopic (exact) mass is 179 g/mol. The molecule has 0 amide bonds. The Morgan fingerprint density at radius 1 is 1.08 bits per heavy atom. The van der Waals surface area contributed by atoms with Gasteiger partial charge in [0.05, 0.1) is 0 Å². The van der Waals surface area contributed by atoms with E-state index < -0.39 is 0 Å². The Kier molecular flexibility index (Phi) is 2.00. The number of fused-ring (bicyclic) bond motifs is 1. The Bertz CT molecular complexity index is 310. The lowest BCUT2D eigenvalue weighted by molar-refractivity contribution is 0.171. The van der Waals surface area contributed by atoms with Gasteiger partial charge in [-0.1, -0.05) is 0 Å². The number of nitrogens with zero attached hydrogens (tertiary/aromatic N) is 1. The van der Waals surface area contributed by atoms with Gasteiger partial charge in [0.15, 0.2) is 11.5 Å². The first-order chi connectivity index (χ1) is 6.27. The first-order valence-electron chi connectivity index (χ1n) is 4.34. The highest BCUT2D eigenvalue weighted by atomic mass is 16.6. The van der Waals surface area contributed by atoms with Crippen molar-refractivity contribution in [2.75, 3.05) is 32.2 Å². The van der Waals surface area contributed by atoms with E-state index in [1.54, 1.807) is 0 Å². The van der Waals surface area contributed by atoms with Crippen molar-refractivity contribution in [3.05, 3.63) is 18.2 Å². The van der Waals surface area contributed by atoms with Crippen LogP contribution in [0.4, 0.5) is 5.69 Å². The van der Waals surface area contributed by atoms with Crippen LogP contribution in [0.25, 0.3) is 0 Å². The molecule has 1 heterocycles. The summed E-state index contributed by atoms with van der Waals surface area (Å²) in [6, 6.07) is 5.96. The molecular weight excluding hydrogens is 166 g/mol. The lowest BCUT2D eigenvalue weighted by Gasteiger charge is -2.20. The van der Waals surface area contributed by atoms with E-state index in [-0.39, 0.29) is 0 Å². The number of benzene rings is 1. The van der Waals surface area contributed by atoms with Crippen LogP contribution >= 0.6 is 0 Å². The smallest absolute Gasteiger partial charge is 0.163 e. The topological polar surface area (TPSA) is 21.7 Å². The Hall–Kier alpha value is -1.38. The summed E-state index contributed by atoms with van der Waals surface area (Å²) in [4.78, 5) is 2.04. The number of hydrogen-bond donors (Lipinski definition) is 0. The van der Waals surface area contributed by atoms with Gasteiger partial charge in [0.25, 0.3) is 0 Å². The maximum atomic E-state index is 5.46. The van der Waals surface area contributed by atoms with E-state index in [0.29, 0.717) is 13.2 Å². The maximum Gasteiger partial charge on any atom is 0.163 e. The molecule has 0 fully saturated rings. The number of hydrogen-bond acceptors (Lipinski definition) is 3. The van der Waals surface area contributed by atoms with Crippen LogP contribution in [0.5, 0.6) is 11.5 Å². The van der Waals surface area contributed by atoms with Gasteiger partial charge in [-0.25, -0.2) is 0 Å². The first-order valence-corrected chi connectivity index (χ1v) is 4.34. The van der Waals surface area contributed by atoms with Crippen molar-refractivity contribution < 1.29 is 9.47 Å². The summed E-state index contributed by atoms with van der Waals surface area (Å²) in [5.41, 5.74) is 1.13. The third kappa shape index (κ3) is 1.54. The van der Waals surface area contributed by atoms with Gasteiger partial charge in [-0.05, 0) is 12.1 Å². The lowest BCUT2D eigenvalue weighted by atomic mass is 10.2. The molecule has 0 spiro atoms. The highest BCUT2D eigenvalue weighted by Crippen LogP contribution is 2.33. The van der Waals surface area contributed by atoms with Crippen molar-refractivity contribution in [3.8, 4) is 11.5 Å². The minimum Gasteiger partial charge on any atom is -0.486 e. The van der Waals surface area contributed by atoms with Crippen LogP contribution < -0.4 is 14.4 Å². The third-order valence-corrected chi connectivity index (χ3v) is 2.04. The van der Waals surface area contributed by atoms with Gasteiger partial charge in [-0.3, -0.25) is 0 Å². The molecule has 1 aliphatic rings. The van der Waals surface area contributed by atoms with E-state index in [1.807, 2.05) is 37.2 Å². The number of rotatable bonds is 1. The highest BCUT2D eigenvalue weighted by molar-refractivity contribution is 5.55. The first kappa shape index (κ1) is 8.23. The molecule has 0 saturated heterocycles. The van der Waals surface area contributed by atoms with Crippen LogP contribution in [-0.4, -0.2) is 27.3 Å². The van der Waals surface area contributed by atoms with Crippen molar-refractivity contribution in [1.29, 1.82) is 0 Å². The van der Waals surface area contributed by atoms with Crippen LogP contribution in [-0.2, 0) is 0 Å². The van der Waals surface area contributed by atoms with Crippen LogP contribution in [0.3, 0.4) is 0 Å². The van der Waals surface area contributed by atoms with Crippen molar-refractivity contribution >= 4 is 5.69 Å². The van der Waals surface area contributed by atoms with Crippen LogP contribution in [0.2, 0.25) is 0 Å². The summed E-state index contributed by atoms with van der Waals surface area (Å²) in [7, 11) is 4.01. The second-order valence-electron chi connectivity index (χ2n) is 3.22. The standard InChI is InChI=1S/C10H13NO2/c1-11(2)8-3-4-9-10(7-8)13-6-5-12-9/h3-4,7H,5-6H2,1-2H3. The van der Waals surface area contributed by atoms with Gasteiger partial charge < -0.3 is 14.4 Å². The fourth-order valence-corrected chi connectivity index (χ4v) is 1.31. The van der Waals surface area contributed by atoms with Gasteiger partial charge in [0.1, 0.15) is 13.2 Å². The van der Waals surface area contributed by atoms with Gasteiger partial charge in [-0.2, -0.15) is 0 Å². The van der Waals surface area contributed by atoms with E-state index in [9.17, 15) is 0 Å². The number of ether oxygens (including phenoxy) is 2. The van der Waals surface area contributed by atoms with Crippen LogP contribution in [0.1, 0.15) is 0 Å². The molecule has 2 rings (SSSR count). The molecule has 1 aromatic rings. The molecule has 13 heavy (non-hydrogen) atoms. The molecule has 70 valence electrons. The Morgan fingerprint density at radius 3 is 2.46 bits per heavy atom. The molecule has 0 saturated carbocycles. The molecule has 0 N–H and O–H groups in total. The van der Waals surface area contributed by atoms with E-state index in [0.717, 1.165) is 17.2 Å². The summed E-state index contributed by atoms with van der Waals surface area (Å²) in [6.07, 6.45) is 0. The van der Waals surface area contributed by atoms with Crippen LogP contribution in [0.15, 0.2) is 18.2 Å². The summed E-state index contributed by atoms with van der Waals surface area (Å²) in [5.74, 6) is 1.69. The minimum atomic E-state index is 0.643. The zero-order valence-electron chi connectivity index (χ0n) is 7.91. The molecule has 0 aromatic heterocycles. The molecule has 0 aliphatic carbocycles. The average molecular weight is 179 g/mol. The Morgan fingerprint density at radius 2 is 1.77 bits per heavy atom. The van der Waals surface area contributed by atoms with Gasteiger partial charge in [-0.15, -0.1) is 0 Å². The van der Waals surface area contributed by atoms with Gasteiger partial charge in [0.2, 0.25) is 0 Å². The summed E-state index contributed by atoms with van der Waals surface area (Å²) < 4.78 is 10.9. The van der Waals surface area contributed by atoms with Crippen molar-refractivity contribution in [2.45, 2.75) is 0 Å². The normalized spacial score (nSPS) is 14.0. The van der Waals surface area contributed by atoms with Crippen molar-refractivity contribution in [2.24, 2.45) is 0 Å². The lowest BCUT2D eigenvalue weighted by Crippen LogP contribution is -2.16. The molecule has 0 radical (unpaired) electrons. The molecule has 0 atom stereocenters. The van der Waals surface area contributed by atoms with Gasteiger partial charge >= 0.3 is 0 Å². The van der Waals surface area contributed by atoms with E-state index >= 15 is 0 Å². The summed E-state index contributed by atoms with van der Waals surface area (Å²) in [6.45, 7) is 1.29. The quantitative estimate of drug-likeness (QED) is 0.652. The predicted molar refractivity (Wildman–Crippen MR) is 51.8 cm³/mol. The molecule has 1 aliphatic heterocycles. The zero-order chi connectivity index (χ0) is 9.26. The molecule has 0 bridgehead atoms. The van der Waals surface area contributed by atoms with Crippen molar-refractivity contribution in [3.63, 3.8) is 0 Å². The van der Waals surface area contributed by atoms with Gasteiger partial charge in [0, 0.05) is 25.8 Å². The SMILES string of the molecule is CN(C)c1ccc2c(c1)OCCO2. The molecule has 0 unspecified atom stereocenters. The zero-order valence-corrected chi connectivity index (χ0v) is 7.91. The molecule has 3 nitrogen and oxygen atoms in total. The molecule has 1 aromatic carbocycles. The summed E-state index contributed by atoms with van der Waals surface area (Å²) in [5, 5.41) is 0. The fourth-order valence-electron chi connectivity index (χ4n) is 1.31. The largest absolute Gasteiger partial charge is 0.486 e. The average Bonchev–Trinajstić information content (AvgIpc) is 2.17. The Labute approximate surface area is 77.9 Å². The predicted octanol–water partition coefficient (Wildman–Crippen LogP) is 1.52.